The van der Waals surface area contributed by atoms with Gasteiger partial charge in [-0.25, -0.2) is 4.79 Å². The molecule has 0 bridgehead atoms. The van der Waals surface area contributed by atoms with E-state index in [1.54, 1.807) is 18.2 Å². The zero-order valence-electron chi connectivity index (χ0n) is 22.0. The summed E-state index contributed by atoms with van der Waals surface area (Å²) in [7, 11) is 0. The van der Waals surface area contributed by atoms with Crippen molar-refractivity contribution in [1.82, 2.24) is 0 Å². The van der Waals surface area contributed by atoms with Gasteiger partial charge in [0.1, 0.15) is 12.7 Å². The van der Waals surface area contributed by atoms with E-state index in [0.29, 0.717) is 12.0 Å². The number of ether oxygens (including phenoxy) is 6. The molecular formula is C27H32O11. The summed E-state index contributed by atoms with van der Waals surface area (Å²) in [5.41, 5.74) is 0.545. The summed E-state index contributed by atoms with van der Waals surface area (Å²) in [5.74, 6) is 2.08. The summed E-state index contributed by atoms with van der Waals surface area (Å²) < 4.78 is 32.4. The fourth-order valence-corrected chi connectivity index (χ4v) is 3.65. The predicted octanol–water partition coefficient (Wildman–Crippen LogP) is 2.47. The van der Waals surface area contributed by atoms with Gasteiger partial charge in [-0.3, -0.25) is 19.2 Å². The van der Waals surface area contributed by atoms with Crippen LogP contribution in [-0.2, 0) is 47.6 Å². The van der Waals surface area contributed by atoms with E-state index in [0.717, 1.165) is 40.5 Å². The van der Waals surface area contributed by atoms with E-state index in [1.165, 1.54) is 6.07 Å². The Labute approximate surface area is 221 Å². The maximum atomic E-state index is 13.2. The first-order valence-electron chi connectivity index (χ1n) is 12.1. The van der Waals surface area contributed by atoms with Gasteiger partial charge in [-0.1, -0.05) is 37.3 Å². The van der Waals surface area contributed by atoms with E-state index in [-0.39, 0.29) is 5.56 Å². The van der Waals surface area contributed by atoms with Gasteiger partial charge >= 0.3 is 29.8 Å². The maximum Gasteiger partial charge on any atom is 0.341 e. The molecule has 1 saturated heterocycles. The van der Waals surface area contributed by atoms with Crippen molar-refractivity contribution in [2.45, 2.75) is 84.6 Å². The second kappa shape index (κ2) is 14.7. The molecule has 0 radical (unpaired) electrons. The molecule has 1 aliphatic rings. The molecule has 0 aromatic heterocycles. The number of unbranched alkanes of at least 4 members (excludes halogenated alkanes) is 2. The summed E-state index contributed by atoms with van der Waals surface area (Å²) in [6.07, 6.45) is -4.64. The zero-order valence-corrected chi connectivity index (χ0v) is 22.0. The van der Waals surface area contributed by atoms with Gasteiger partial charge in [0.2, 0.25) is 12.4 Å². The minimum absolute atomic E-state index is 0.129. The van der Waals surface area contributed by atoms with Crippen molar-refractivity contribution in [1.29, 1.82) is 0 Å². The van der Waals surface area contributed by atoms with E-state index < -0.39 is 67.2 Å². The average Bonchev–Trinajstić information content (AvgIpc) is 2.83. The van der Waals surface area contributed by atoms with Gasteiger partial charge in [-0.15, -0.1) is 0 Å². The number of benzene rings is 1. The van der Waals surface area contributed by atoms with Crippen molar-refractivity contribution in [2.75, 3.05) is 6.61 Å². The molecule has 0 amide bonds. The molecule has 38 heavy (non-hydrogen) atoms. The number of hydrogen-bond acceptors (Lipinski definition) is 11. The van der Waals surface area contributed by atoms with Crippen molar-refractivity contribution in [2.24, 2.45) is 0 Å². The van der Waals surface area contributed by atoms with Crippen LogP contribution in [-0.4, -0.2) is 67.2 Å². The third kappa shape index (κ3) is 9.19. The van der Waals surface area contributed by atoms with Crippen LogP contribution < -0.4 is 0 Å². The molecule has 206 valence electrons. The Morgan fingerprint density at radius 3 is 2.03 bits per heavy atom. The van der Waals surface area contributed by atoms with Gasteiger partial charge < -0.3 is 28.4 Å². The normalized spacial score (nSPS) is 22.2. The minimum Gasteiger partial charge on any atom is -0.463 e. The van der Waals surface area contributed by atoms with Crippen LogP contribution in [0, 0.1) is 11.8 Å². The van der Waals surface area contributed by atoms with E-state index in [9.17, 15) is 24.0 Å². The van der Waals surface area contributed by atoms with Gasteiger partial charge in [0, 0.05) is 39.7 Å². The van der Waals surface area contributed by atoms with Crippen molar-refractivity contribution >= 4 is 29.8 Å². The van der Waals surface area contributed by atoms with E-state index in [2.05, 4.69) is 11.8 Å². The molecule has 0 N–H and O–H groups in total. The Bertz CT molecular complexity index is 1080. The summed E-state index contributed by atoms with van der Waals surface area (Å²) in [6, 6.07) is 6.51. The average molecular weight is 533 g/mol. The van der Waals surface area contributed by atoms with Gasteiger partial charge in [-0.2, -0.15) is 0 Å². The first-order valence-corrected chi connectivity index (χ1v) is 12.1. The minimum atomic E-state index is -1.62. The van der Waals surface area contributed by atoms with Crippen LogP contribution in [0.15, 0.2) is 24.3 Å². The Morgan fingerprint density at radius 2 is 1.42 bits per heavy atom. The molecule has 5 atom stereocenters. The van der Waals surface area contributed by atoms with Crippen molar-refractivity contribution in [3.05, 3.63) is 35.4 Å². The van der Waals surface area contributed by atoms with Crippen molar-refractivity contribution < 1.29 is 52.4 Å². The third-order valence-electron chi connectivity index (χ3n) is 5.20. The zero-order chi connectivity index (χ0) is 28.2. The van der Waals surface area contributed by atoms with Gasteiger partial charge in [0.25, 0.3) is 0 Å². The van der Waals surface area contributed by atoms with Crippen LogP contribution in [0.3, 0.4) is 0 Å². The number of carbonyl (C=O) groups is 5. The van der Waals surface area contributed by atoms with Crippen LogP contribution in [0.25, 0.3) is 0 Å². The molecule has 1 aromatic carbocycles. The molecule has 1 aromatic rings. The molecule has 1 aliphatic heterocycles. The predicted molar refractivity (Wildman–Crippen MR) is 130 cm³/mol. The SMILES string of the molecule is CCCCC#Cc1ccccc1C(=O)OC1O[C@H](COC(C)=O)[C@@H](OC(C)=O)[C@H](OC(C)=O)[C@H]1OC(C)=O. The molecule has 11 nitrogen and oxygen atoms in total. The van der Waals surface area contributed by atoms with Gasteiger partial charge in [-0.05, 0) is 18.6 Å². The standard InChI is InChI=1S/C27H32O11/c1-6-7-8-9-12-20-13-10-11-14-21(20)26(32)38-27-25(36-19(5)31)24(35-18(4)30)23(34-17(3)29)22(37-27)15-33-16(2)28/h10-11,13-14,22-25,27H,6-8,15H2,1-5H3/t22-,23-,24+,25-,27?/m1/s1. The lowest BCUT2D eigenvalue weighted by atomic mass is 9.98. The second-order valence-electron chi connectivity index (χ2n) is 8.42. The largest absolute Gasteiger partial charge is 0.463 e. The summed E-state index contributed by atoms with van der Waals surface area (Å²) in [6.45, 7) is 6.06. The highest BCUT2D eigenvalue weighted by Crippen LogP contribution is 2.30. The monoisotopic (exact) mass is 532 g/mol. The number of esters is 5. The Balaban J connectivity index is 2.45. The molecule has 1 fully saturated rings. The summed E-state index contributed by atoms with van der Waals surface area (Å²) >= 11 is 0. The van der Waals surface area contributed by atoms with Gasteiger partial charge in [0.15, 0.2) is 12.2 Å². The third-order valence-corrected chi connectivity index (χ3v) is 5.20. The van der Waals surface area contributed by atoms with Crippen LogP contribution in [0.5, 0.6) is 0 Å². The van der Waals surface area contributed by atoms with E-state index in [4.69, 9.17) is 28.4 Å². The van der Waals surface area contributed by atoms with Crippen LogP contribution in [0.4, 0.5) is 0 Å². The first kappa shape index (κ1) is 30.3. The fourth-order valence-electron chi connectivity index (χ4n) is 3.65. The maximum absolute atomic E-state index is 13.2. The molecule has 0 saturated carbocycles. The Kier molecular flexibility index (Phi) is 11.8. The quantitative estimate of drug-likeness (QED) is 0.200. The lowest BCUT2D eigenvalue weighted by molar-refractivity contribution is -0.294. The number of rotatable bonds is 9. The van der Waals surface area contributed by atoms with Crippen LogP contribution in [0.1, 0.15) is 69.8 Å². The Hall–Kier alpha value is -3.91. The summed E-state index contributed by atoms with van der Waals surface area (Å²) in [5, 5.41) is 0. The molecule has 0 aliphatic carbocycles. The number of hydrogen-bond donors (Lipinski definition) is 0. The van der Waals surface area contributed by atoms with E-state index in [1.807, 2.05) is 6.92 Å². The topological polar surface area (TPSA) is 141 Å². The molecule has 11 heteroatoms. The number of carbonyl (C=O) groups excluding carboxylic acids is 5. The molecule has 2 rings (SSSR count). The van der Waals surface area contributed by atoms with E-state index >= 15 is 0 Å². The lowest BCUT2D eigenvalue weighted by Crippen LogP contribution is -2.63. The highest BCUT2D eigenvalue weighted by Gasteiger charge is 2.53. The lowest BCUT2D eigenvalue weighted by Gasteiger charge is -2.43. The first-order chi connectivity index (χ1) is 18.0. The highest BCUT2D eigenvalue weighted by molar-refractivity contribution is 5.92. The van der Waals surface area contributed by atoms with Crippen LogP contribution >= 0.6 is 0 Å². The Morgan fingerprint density at radius 1 is 0.816 bits per heavy atom. The molecule has 0 spiro atoms. The van der Waals surface area contributed by atoms with Crippen molar-refractivity contribution in [3.63, 3.8) is 0 Å². The highest BCUT2D eigenvalue weighted by atomic mass is 16.7. The fraction of sp³-hybridized carbons (Fsp3) is 0.519. The second-order valence-corrected chi connectivity index (χ2v) is 8.42. The molecule has 1 unspecified atom stereocenters. The molecular weight excluding hydrogens is 500 g/mol. The molecule has 1 heterocycles. The van der Waals surface area contributed by atoms with Gasteiger partial charge in [0.05, 0.1) is 5.56 Å². The van der Waals surface area contributed by atoms with Crippen molar-refractivity contribution in [3.8, 4) is 11.8 Å². The smallest absolute Gasteiger partial charge is 0.341 e. The van der Waals surface area contributed by atoms with Crippen LogP contribution in [0.2, 0.25) is 0 Å². The summed E-state index contributed by atoms with van der Waals surface area (Å²) in [4.78, 5) is 60.4.